The van der Waals surface area contributed by atoms with E-state index < -0.39 is 21.5 Å². The van der Waals surface area contributed by atoms with Gasteiger partial charge in [0.25, 0.3) is 0 Å². The fourth-order valence-electron chi connectivity index (χ4n) is 4.39. The van der Waals surface area contributed by atoms with Crippen molar-refractivity contribution in [3.63, 3.8) is 0 Å². The van der Waals surface area contributed by atoms with E-state index in [2.05, 4.69) is 9.71 Å². The summed E-state index contributed by atoms with van der Waals surface area (Å²) in [7, 11) is -4.24. The standard InChI is InChI=1S/C24H24Cl2N2O5S/c1-14-12-15(2)27-22-16(14)6-5-7-19(22)33-13-17-18(25)8-9-20(21(17)26)34(31,32)28-24(23(29)30)10-3-4-11-24/h5-9,12,28H,3-4,10-11,13H2,1-2H3,(H,29,30). The summed E-state index contributed by atoms with van der Waals surface area (Å²) in [4.78, 5) is 16.2. The number of carboxylic acid groups (broad SMARTS) is 1. The number of aliphatic carboxylic acids is 1. The number of hydrogen-bond acceptors (Lipinski definition) is 5. The first-order valence-electron chi connectivity index (χ1n) is 10.8. The Labute approximate surface area is 208 Å². The number of halogens is 2. The number of carboxylic acids is 1. The molecule has 0 saturated heterocycles. The zero-order valence-electron chi connectivity index (χ0n) is 18.7. The molecule has 0 bridgehead atoms. The van der Waals surface area contributed by atoms with Crippen molar-refractivity contribution in [1.82, 2.24) is 9.71 Å². The SMILES string of the molecule is Cc1cc(C)c2cccc(OCc3c(Cl)ccc(S(=O)(=O)NC4(C(=O)O)CCCC4)c3Cl)c2n1. The van der Waals surface area contributed by atoms with Gasteiger partial charge >= 0.3 is 5.97 Å². The Morgan fingerprint density at radius 2 is 1.88 bits per heavy atom. The number of carbonyl (C=O) groups is 1. The van der Waals surface area contributed by atoms with Crippen LogP contribution in [0.25, 0.3) is 10.9 Å². The molecular weight excluding hydrogens is 499 g/mol. The van der Waals surface area contributed by atoms with Gasteiger partial charge < -0.3 is 9.84 Å². The number of para-hydroxylation sites is 1. The highest BCUT2D eigenvalue weighted by Gasteiger charge is 2.45. The number of aryl methyl sites for hydroxylation is 2. The Morgan fingerprint density at radius 1 is 1.18 bits per heavy atom. The molecule has 0 aliphatic heterocycles. The predicted octanol–water partition coefficient (Wildman–Crippen LogP) is 5.41. The predicted molar refractivity (Wildman–Crippen MR) is 131 cm³/mol. The van der Waals surface area contributed by atoms with E-state index in [9.17, 15) is 18.3 Å². The van der Waals surface area contributed by atoms with E-state index in [1.165, 1.54) is 12.1 Å². The fraction of sp³-hybridized carbons (Fsp3) is 0.333. The van der Waals surface area contributed by atoms with Crippen LogP contribution in [0.4, 0.5) is 0 Å². The number of nitrogens with one attached hydrogen (secondary N) is 1. The van der Waals surface area contributed by atoms with Gasteiger partial charge in [-0.2, -0.15) is 4.72 Å². The zero-order chi connectivity index (χ0) is 24.7. The van der Waals surface area contributed by atoms with Crippen molar-refractivity contribution in [3.8, 4) is 5.75 Å². The molecule has 0 spiro atoms. The van der Waals surface area contributed by atoms with E-state index in [0.29, 0.717) is 24.1 Å². The van der Waals surface area contributed by atoms with Crippen LogP contribution in [0.5, 0.6) is 5.75 Å². The molecule has 2 aromatic carbocycles. The lowest BCUT2D eigenvalue weighted by molar-refractivity contribution is -0.143. The lowest BCUT2D eigenvalue weighted by atomic mass is 10.0. The molecule has 180 valence electrons. The molecule has 0 radical (unpaired) electrons. The molecule has 0 atom stereocenters. The minimum atomic E-state index is -4.24. The second-order valence-corrected chi connectivity index (χ2v) is 11.0. The summed E-state index contributed by atoms with van der Waals surface area (Å²) in [6, 6.07) is 10.2. The molecule has 1 saturated carbocycles. The average Bonchev–Trinajstić information content (AvgIpc) is 3.23. The highest BCUT2D eigenvalue weighted by molar-refractivity contribution is 7.89. The molecule has 1 aromatic heterocycles. The molecule has 7 nitrogen and oxygen atoms in total. The van der Waals surface area contributed by atoms with Crippen LogP contribution in [0, 0.1) is 13.8 Å². The van der Waals surface area contributed by atoms with Crippen LogP contribution in [0.3, 0.4) is 0 Å². The van der Waals surface area contributed by atoms with Gasteiger partial charge in [-0.1, -0.05) is 48.2 Å². The summed E-state index contributed by atoms with van der Waals surface area (Å²) in [5, 5.41) is 10.7. The number of hydrogen-bond donors (Lipinski definition) is 2. The third-order valence-electron chi connectivity index (χ3n) is 6.15. The number of ether oxygens (including phenoxy) is 1. The van der Waals surface area contributed by atoms with Crippen LogP contribution in [-0.2, 0) is 21.4 Å². The van der Waals surface area contributed by atoms with Gasteiger partial charge in [-0.3, -0.25) is 4.79 Å². The van der Waals surface area contributed by atoms with Crippen LogP contribution >= 0.6 is 23.2 Å². The number of aromatic nitrogens is 1. The molecule has 1 aliphatic carbocycles. The van der Waals surface area contributed by atoms with Crippen LogP contribution in [0.1, 0.15) is 42.5 Å². The van der Waals surface area contributed by atoms with Gasteiger partial charge in [-0.15, -0.1) is 0 Å². The smallest absolute Gasteiger partial charge is 0.324 e. The summed E-state index contributed by atoms with van der Waals surface area (Å²) in [6.07, 6.45) is 1.69. The molecule has 1 fully saturated rings. The summed E-state index contributed by atoms with van der Waals surface area (Å²) in [5.41, 5.74) is 1.33. The van der Waals surface area contributed by atoms with E-state index in [4.69, 9.17) is 27.9 Å². The topological polar surface area (TPSA) is 106 Å². The van der Waals surface area contributed by atoms with Crippen LogP contribution in [0.15, 0.2) is 41.3 Å². The monoisotopic (exact) mass is 522 g/mol. The van der Waals surface area contributed by atoms with Crippen LogP contribution in [-0.4, -0.2) is 30.0 Å². The Kier molecular flexibility index (Phi) is 6.79. The van der Waals surface area contributed by atoms with Crippen molar-refractivity contribution in [3.05, 3.63) is 63.3 Å². The van der Waals surface area contributed by atoms with E-state index >= 15 is 0 Å². The number of sulfonamides is 1. The molecule has 0 unspecified atom stereocenters. The van der Waals surface area contributed by atoms with Crippen molar-refractivity contribution in [2.75, 3.05) is 0 Å². The van der Waals surface area contributed by atoms with Gasteiger partial charge in [-0.25, -0.2) is 13.4 Å². The molecule has 34 heavy (non-hydrogen) atoms. The Balaban J connectivity index is 1.67. The summed E-state index contributed by atoms with van der Waals surface area (Å²) < 4.78 is 34.7. The van der Waals surface area contributed by atoms with Crippen molar-refractivity contribution < 1.29 is 23.1 Å². The maximum absolute atomic E-state index is 13.2. The third kappa shape index (κ3) is 4.60. The number of fused-ring (bicyclic) bond motifs is 1. The van der Waals surface area contributed by atoms with E-state index in [0.717, 1.165) is 16.6 Å². The van der Waals surface area contributed by atoms with Crippen molar-refractivity contribution >= 4 is 50.1 Å². The van der Waals surface area contributed by atoms with Gasteiger partial charge in [-0.05, 0) is 56.5 Å². The van der Waals surface area contributed by atoms with Gasteiger partial charge in [0.1, 0.15) is 28.3 Å². The van der Waals surface area contributed by atoms with Gasteiger partial charge in [0, 0.05) is 21.7 Å². The first-order chi connectivity index (χ1) is 16.0. The highest BCUT2D eigenvalue weighted by Crippen LogP contribution is 2.36. The van der Waals surface area contributed by atoms with Crippen LogP contribution in [0.2, 0.25) is 10.0 Å². The first-order valence-corrected chi connectivity index (χ1v) is 13.0. The van der Waals surface area contributed by atoms with Gasteiger partial charge in [0.05, 0.1) is 5.02 Å². The molecule has 3 aromatic rings. The van der Waals surface area contributed by atoms with Crippen molar-refractivity contribution in [2.45, 2.75) is 56.6 Å². The molecule has 10 heteroatoms. The highest BCUT2D eigenvalue weighted by atomic mass is 35.5. The normalized spacial score (nSPS) is 15.5. The van der Waals surface area contributed by atoms with Gasteiger partial charge in [0.2, 0.25) is 10.0 Å². The minimum Gasteiger partial charge on any atom is -0.487 e. The second kappa shape index (κ2) is 9.34. The minimum absolute atomic E-state index is 0.0983. The number of pyridine rings is 1. The average molecular weight is 523 g/mol. The first kappa shape index (κ1) is 24.7. The van der Waals surface area contributed by atoms with E-state index in [1.807, 2.05) is 32.0 Å². The molecule has 2 N–H and O–H groups in total. The second-order valence-electron chi connectivity index (χ2n) is 8.56. The zero-order valence-corrected chi connectivity index (χ0v) is 21.0. The Bertz CT molecular complexity index is 1390. The molecule has 0 amide bonds. The molecular formula is C24H24Cl2N2O5S. The fourth-order valence-corrected chi connectivity index (χ4v) is 6.69. The van der Waals surface area contributed by atoms with Crippen molar-refractivity contribution in [1.29, 1.82) is 0 Å². The van der Waals surface area contributed by atoms with Crippen molar-refractivity contribution in [2.24, 2.45) is 0 Å². The largest absolute Gasteiger partial charge is 0.487 e. The van der Waals surface area contributed by atoms with Gasteiger partial charge in [0.15, 0.2) is 0 Å². The summed E-state index contributed by atoms with van der Waals surface area (Å²) >= 11 is 12.8. The number of benzene rings is 2. The number of rotatable bonds is 7. The summed E-state index contributed by atoms with van der Waals surface area (Å²) in [6.45, 7) is 3.79. The van der Waals surface area contributed by atoms with E-state index in [1.54, 1.807) is 6.07 Å². The lowest BCUT2D eigenvalue weighted by Crippen LogP contribution is -2.52. The molecule has 1 heterocycles. The Hall–Kier alpha value is -2.39. The van der Waals surface area contributed by atoms with E-state index in [-0.39, 0.29) is 40.0 Å². The molecule has 4 rings (SSSR count). The summed E-state index contributed by atoms with van der Waals surface area (Å²) in [5.74, 6) is -0.685. The number of nitrogens with zero attached hydrogens (tertiary/aromatic N) is 1. The van der Waals surface area contributed by atoms with Crippen LogP contribution < -0.4 is 9.46 Å². The quantitative estimate of drug-likeness (QED) is 0.429. The lowest BCUT2D eigenvalue weighted by Gasteiger charge is -2.25. The maximum Gasteiger partial charge on any atom is 0.324 e. The molecule has 1 aliphatic rings. The maximum atomic E-state index is 13.2. The third-order valence-corrected chi connectivity index (χ3v) is 8.62. The Morgan fingerprint density at radius 3 is 2.56 bits per heavy atom.